The molecular formula is C9H14N4O. The van der Waals surface area contributed by atoms with Crippen LogP contribution >= 0.6 is 0 Å². The highest BCUT2D eigenvalue weighted by Gasteiger charge is 2.41. The van der Waals surface area contributed by atoms with E-state index in [2.05, 4.69) is 15.3 Å². The van der Waals surface area contributed by atoms with Crippen LogP contribution in [0, 0.1) is 0 Å². The van der Waals surface area contributed by atoms with Gasteiger partial charge in [-0.05, 0) is 12.8 Å². The Morgan fingerprint density at radius 1 is 1.57 bits per heavy atom. The zero-order chi connectivity index (χ0) is 10.0. The predicted octanol–water partition coefficient (Wildman–Crippen LogP) is 0.388. The normalized spacial score (nSPS) is 17.6. The molecule has 2 rings (SSSR count). The lowest BCUT2D eigenvalue weighted by Gasteiger charge is -2.15. The van der Waals surface area contributed by atoms with Crippen LogP contribution in [0.3, 0.4) is 0 Å². The van der Waals surface area contributed by atoms with Crippen LogP contribution < -0.4 is 15.8 Å². The van der Waals surface area contributed by atoms with Crippen LogP contribution in [0.1, 0.15) is 12.8 Å². The van der Waals surface area contributed by atoms with Crippen molar-refractivity contribution in [3.05, 3.63) is 12.4 Å². The molecular weight excluding hydrogens is 180 g/mol. The average Bonchev–Trinajstić information content (AvgIpc) is 2.99. The molecule has 14 heavy (non-hydrogen) atoms. The van der Waals surface area contributed by atoms with Crippen LogP contribution in [0.5, 0.6) is 5.88 Å². The van der Waals surface area contributed by atoms with Crippen molar-refractivity contribution in [1.29, 1.82) is 0 Å². The second-order valence-electron chi connectivity index (χ2n) is 3.56. The average molecular weight is 194 g/mol. The van der Waals surface area contributed by atoms with Gasteiger partial charge in [-0.1, -0.05) is 0 Å². The van der Waals surface area contributed by atoms with Crippen LogP contribution in [-0.4, -0.2) is 29.2 Å². The summed E-state index contributed by atoms with van der Waals surface area (Å²) in [7, 11) is 1.59. The van der Waals surface area contributed by atoms with Crippen molar-refractivity contribution in [3.8, 4) is 5.88 Å². The van der Waals surface area contributed by atoms with E-state index in [0.717, 1.165) is 18.7 Å². The maximum atomic E-state index is 5.65. The first-order valence-corrected chi connectivity index (χ1v) is 4.62. The van der Waals surface area contributed by atoms with E-state index in [-0.39, 0.29) is 5.54 Å². The number of hydrogen-bond acceptors (Lipinski definition) is 5. The summed E-state index contributed by atoms with van der Waals surface area (Å²) in [5.41, 5.74) is 5.72. The molecule has 1 aliphatic rings. The van der Waals surface area contributed by atoms with Gasteiger partial charge in [-0.25, -0.2) is 9.97 Å². The highest BCUT2D eigenvalue weighted by atomic mass is 16.5. The second-order valence-corrected chi connectivity index (χ2v) is 3.56. The molecule has 0 atom stereocenters. The zero-order valence-corrected chi connectivity index (χ0v) is 8.16. The first-order valence-electron chi connectivity index (χ1n) is 4.62. The van der Waals surface area contributed by atoms with E-state index in [1.807, 2.05) is 0 Å². The summed E-state index contributed by atoms with van der Waals surface area (Å²) in [5.74, 6) is 1.34. The first kappa shape index (κ1) is 9.21. The van der Waals surface area contributed by atoms with Gasteiger partial charge in [-0.15, -0.1) is 0 Å². The molecule has 1 fully saturated rings. The molecule has 1 saturated carbocycles. The molecule has 1 aliphatic carbocycles. The Morgan fingerprint density at radius 2 is 2.36 bits per heavy atom. The number of nitrogens with two attached hydrogens (primary N) is 1. The van der Waals surface area contributed by atoms with Gasteiger partial charge in [-0.3, -0.25) is 0 Å². The van der Waals surface area contributed by atoms with Gasteiger partial charge in [0.05, 0.1) is 12.6 Å². The summed E-state index contributed by atoms with van der Waals surface area (Å²) in [4.78, 5) is 8.03. The lowest BCUT2D eigenvalue weighted by atomic mass is 10.3. The molecule has 0 radical (unpaired) electrons. The minimum Gasteiger partial charge on any atom is -0.481 e. The fraction of sp³-hybridized carbons (Fsp3) is 0.556. The molecule has 0 spiro atoms. The Hall–Kier alpha value is -1.36. The van der Waals surface area contributed by atoms with Gasteiger partial charge in [0.15, 0.2) is 0 Å². The van der Waals surface area contributed by atoms with Gasteiger partial charge < -0.3 is 15.8 Å². The first-order chi connectivity index (χ1) is 6.78. The summed E-state index contributed by atoms with van der Waals surface area (Å²) in [6, 6.07) is 1.77. The minimum absolute atomic E-state index is 0.0688. The molecule has 0 aromatic carbocycles. The van der Waals surface area contributed by atoms with Crippen LogP contribution in [0.15, 0.2) is 12.4 Å². The Labute approximate surface area is 82.7 Å². The fourth-order valence-corrected chi connectivity index (χ4v) is 1.32. The van der Waals surface area contributed by atoms with Crippen LogP contribution in [0.25, 0.3) is 0 Å². The van der Waals surface area contributed by atoms with E-state index in [0.29, 0.717) is 12.4 Å². The van der Waals surface area contributed by atoms with Crippen molar-refractivity contribution in [3.63, 3.8) is 0 Å². The highest BCUT2D eigenvalue weighted by molar-refractivity contribution is 5.42. The van der Waals surface area contributed by atoms with Crippen molar-refractivity contribution < 1.29 is 4.74 Å². The van der Waals surface area contributed by atoms with Crippen molar-refractivity contribution in [2.45, 2.75) is 18.4 Å². The summed E-state index contributed by atoms with van der Waals surface area (Å²) in [6.07, 6.45) is 3.69. The third kappa shape index (κ3) is 1.77. The Morgan fingerprint density at radius 3 is 2.93 bits per heavy atom. The Bertz CT molecular complexity index is 324. The Balaban J connectivity index is 2.09. The van der Waals surface area contributed by atoms with E-state index < -0.39 is 0 Å². The number of nitrogens with zero attached hydrogens (tertiary/aromatic N) is 2. The minimum atomic E-state index is 0.0688. The fourth-order valence-electron chi connectivity index (χ4n) is 1.32. The third-order valence-electron chi connectivity index (χ3n) is 2.49. The molecule has 5 nitrogen and oxygen atoms in total. The number of aromatic nitrogens is 2. The molecule has 76 valence electrons. The Kier molecular flexibility index (Phi) is 2.25. The van der Waals surface area contributed by atoms with Crippen molar-refractivity contribution >= 4 is 5.82 Å². The van der Waals surface area contributed by atoms with E-state index in [4.69, 9.17) is 10.5 Å². The number of methoxy groups -OCH3 is 1. The van der Waals surface area contributed by atoms with E-state index in [9.17, 15) is 0 Å². The molecule has 0 unspecified atom stereocenters. The molecule has 1 aromatic heterocycles. The van der Waals surface area contributed by atoms with Crippen molar-refractivity contribution in [2.24, 2.45) is 5.73 Å². The third-order valence-corrected chi connectivity index (χ3v) is 2.49. The summed E-state index contributed by atoms with van der Waals surface area (Å²) < 4.78 is 5.00. The maximum Gasteiger partial charge on any atom is 0.218 e. The molecule has 0 bridgehead atoms. The molecule has 1 heterocycles. The summed E-state index contributed by atoms with van der Waals surface area (Å²) >= 11 is 0. The summed E-state index contributed by atoms with van der Waals surface area (Å²) in [5, 5.41) is 3.30. The van der Waals surface area contributed by atoms with Gasteiger partial charge in [-0.2, -0.15) is 0 Å². The van der Waals surface area contributed by atoms with Gasteiger partial charge >= 0.3 is 0 Å². The van der Waals surface area contributed by atoms with Crippen LogP contribution in [0.4, 0.5) is 5.82 Å². The van der Waals surface area contributed by atoms with E-state index in [1.165, 1.54) is 6.33 Å². The lowest BCUT2D eigenvalue weighted by molar-refractivity contribution is 0.397. The maximum absolute atomic E-state index is 5.65. The van der Waals surface area contributed by atoms with Crippen molar-refractivity contribution in [1.82, 2.24) is 9.97 Å². The molecule has 0 aliphatic heterocycles. The summed E-state index contributed by atoms with van der Waals surface area (Å²) in [6.45, 7) is 0.638. The number of ether oxygens (including phenoxy) is 1. The van der Waals surface area contributed by atoms with Crippen LogP contribution in [0.2, 0.25) is 0 Å². The molecule has 3 N–H and O–H groups in total. The largest absolute Gasteiger partial charge is 0.481 e. The quantitative estimate of drug-likeness (QED) is 0.725. The molecule has 1 aromatic rings. The van der Waals surface area contributed by atoms with E-state index in [1.54, 1.807) is 13.2 Å². The molecule has 0 amide bonds. The van der Waals surface area contributed by atoms with Crippen LogP contribution in [-0.2, 0) is 0 Å². The monoisotopic (exact) mass is 194 g/mol. The van der Waals surface area contributed by atoms with Crippen molar-refractivity contribution in [2.75, 3.05) is 19.0 Å². The van der Waals surface area contributed by atoms with E-state index >= 15 is 0 Å². The number of rotatable bonds is 4. The smallest absolute Gasteiger partial charge is 0.218 e. The SMILES string of the molecule is COc1cc(NC2(CN)CC2)ncn1. The van der Waals surface area contributed by atoms with Gasteiger partial charge in [0.25, 0.3) is 0 Å². The second kappa shape index (κ2) is 3.42. The lowest BCUT2D eigenvalue weighted by Crippen LogP contribution is -2.31. The van der Waals surface area contributed by atoms with Gasteiger partial charge in [0.1, 0.15) is 12.1 Å². The van der Waals surface area contributed by atoms with Gasteiger partial charge in [0.2, 0.25) is 5.88 Å². The number of nitrogens with one attached hydrogen (secondary N) is 1. The zero-order valence-electron chi connectivity index (χ0n) is 8.16. The predicted molar refractivity (Wildman–Crippen MR) is 53.2 cm³/mol. The number of hydrogen-bond donors (Lipinski definition) is 2. The topological polar surface area (TPSA) is 73.1 Å². The molecule has 0 saturated heterocycles. The number of anilines is 1. The standard InChI is InChI=1S/C9H14N4O/c1-14-8-4-7(11-6-12-8)13-9(5-10)2-3-9/h4,6H,2-3,5,10H2,1H3,(H,11,12,13). The van der Waals surface area contributed by atoms with Gasteiger partial charge in [0, 0.05) is 12.6 Å². The highest BCUT2D eigenvalue weighted by Crippen LogP contribution is 2.37. The molecule has 5 heteroatoms.